The van der Waals surface area contributed by atoms with Gasteiger partial charge in [0.05, 0.1) is 24.2 Å². The van der Waals surface area contributed by atoms with Crippen LogP contribution < -0.4 is 0 Å². The summed E-state index contributed by atoms with van der Waals surface area (Å²) in [5.41, 5.74) is -0.360. The molecule has 22 heavy (non-hydrogen) atoms. The molecule has 0 atom stereocenters. The van der Waals surface area contributed by atoms with E-state index in [4.69, 9.17) is 20.4 Å². The molecule has 0 fully saturated rings. The summed E-state index contributed by atoms with van der Waals surface area (Å²) in [4.78, 5) is 44.4. The summed E-state index contributed by atoms with van der Waals surface area (Å²) < 4.78 is 0. The van der Waals surface area contributed by atoms with Crippen molar-refractivity contribution in [3.05, 3.63) is 34.9 Å². The fraction of sp³-hybridized carbons (Fsp3) is 0.231. The first kappa shape index (κ1) is 17.1. The summed E-state index contributed by atoms with van der Waals surface area (Å²) in [6, 6.07) is 3.31. The van der Waals surface area contributed by atoms with Crippen molar-refractivity contribution in [1.82, 2.24) is 4.90 Å². The van der Waals surface area contributed by atoms with E-state index in [1.807, 2.05) is 0 Å². The molecule has 0 aliphatic carbocycles. The van der Waals surface area contributed by atoms with Gasteiger partial charge in [0.25, 0.3) is 0 Å². The molecule has 0 heterocycles. The number of carbonyl (C=O) groups is 4. The lowest BCUT2D eigenvalue weighted by atomic mass is 10.0. The standard InChI is InChI=1S/C13H13NO8/c15-10(16)5-14(6-11(17)18)4-7-1-8(12(19)20)3-9(2-7)13(21)22/h1-3H,4-6H2,(H,15,16)(H,17,18)(H,19,20)(H,21,22). The van der Waals surface area contributed by atoms with Crippen LogP contribution in [0.25, 0.3) is 0 Å². The predicted molar refractivity (Wildman–Crippen MR) is 70.9 cm³/mol. The summed E-state index contributed by atoms with van der Waals surface area (Å²) in [6.45, 7) is -1.36. The topological polar surface area (TPSA) is 152 Å². The average molecular weight is 311 g/mol. The molecular formula is C13H13NO8. The van der Waals surface area contributed by atoms with E-state index >= 15 is 0 Å². The highest BCUT2D eigenvalue weighted by atomic mass is 16.4. The molecule has 0 aromatic heterocycles. The number of hydrogen-bond acceptors (Lipinski definition) is 5. The van der Waals surface area contributed by atoms with Crippen LogP contribution in [-0.4, -0.2) is 62.3 Å². The first-order chi connectivity index (χ1) is 10.2. The minimum atomic E-state index is -1.34. The van der Waals surface area contributed by atoms with E-state index < -0.39 is 37.0 Å². The Bertz CT molecular complexity index is 576. The van der Waals surface area contributed by atoms with Gasteiger partial charge in [-0.25, -0.2) is 9.59 Å². The number of aromatic carboxylic acids is 2. The van der Waals surface area contributed by atoms with Crippen molar-refractivity contribution in [1.29, 1.82) is 0 Å². The van der Waals surface area contributed by atoms with Crippen molar-refractivity contribution < 1.29 is 39.6 Å². The highest BCUT2D eigenvalue weighted by Gasteiger charge is 2.17. The lowest BCUT2D eigenvalue weighted by Gasteiger charge is -2.18. The maximum absolute atomic E-state index is 11.0. The van der Waals surface area contributed by atoms with Crippen LogP contribution in [0.15, 0.2) is 18.2 Å². The van der Waals surface area contributed by atoms with E-state index in [1.165, 1.54) is 12.1 Å². The fourth-order valence-corrected chi connectivity index (χ4v) is 1.84. The molecule has 0 saturated heterocycles. The quantitative estimate of drug-likeness (QED) is 0.521. The third-order valence-electron chi connectivity index (χ3n) is 2.61. The Morgan fingerprint density at radius 2 is 1.18 bits per heavy atom. The summed E-state index contributed by atoms with van der Waals surface area (Å²) in [5, 5.41) is 35.4. The first-order valence-corrected chi connectivity index (χ1v) is 5.95. The van der Waals surface area contributed by atoms with Gasteiger partial charge in [0.1, 0.15) is 0 Å². The summed E-state index contributed by atoms with van der Waals surface area (Å²) in [7, 11) is 0. The molecular weight excluding hydrogens is 298 g/mol. The number of benzene rings is 1. The zero-order valence-electron chi connectivity index (χ0n) is 11.2. The van der Waals surface area contributed by atoms with Crippen LogP contribution in [0.4, 0.5) is 0 Å². The smallest absolute Gasteiger partial charge is 0.335 e. The molecule has 9 heteroatoms. The lowest BCUT2D eigenvalue weighted by molar-refractivity contribution is -0.142. The highest BCUT2D eigenvalue weighted by molar-refractivity contribution is 5.94. The van der Waals surface area contributed by atoms with Crippen LogP contribution in [0, 0.1) is 0 Å². The molecule has 0 aliphatic rings. The first-order valence-electron chi connectivity index (χ1n) is 5.95. The highest BCUT2D eigenvalue weighted by Crippen LogP contribution is 2.13. The third-order valence-corrected chi connectivity index (χ3v) is 2.61. The molecule has 0 aliphatic heterocycles. The molecule has 0 unspecified atom stereocenters. The molecule has 4 N–H and O–H groups in total. The minimum absolute atomic E-state index is 0.194. The van der Waals surface area contributed by atoms with Crippen molar-refractivity contribution in [2.45, 2.75) is 6.54 Å². The second-order valence-electron chi connectivity index (χ2n) is 4.46. The number of rotatable bonds is 8. The SMILES string of the molecule is O=C(O)CN(CC(=O)O)Cc1cc(C(=O)O)cc(C(=O)O)c1. The van der Waals surface area contributed by atoms with Gasteiger partial charge in [-0.15, -0.1) is 0 Å². The van der Waals surface area contributed by atoms with Crippen LogP contribution in [0.5, 0.6) is 0 Å². The molecule has 0 amide bonds. The monoisotopic (exact) mass is 311 g/mol. The van der Waals surface area contributed by atoms with Crippen LogP contribution in [0.3, 0.4) is 0 Å². The van der Waals surface area contributed by atoms with E-state index in [2.05, 4.69) is 0 Å². The second kappa shape index (κ2) is 7.18. The minimum Gasteiger partial charge on any atom is -0.480 e. The van der Waals surface area contributed by atoms with Crippen molar-refractivity contribution >= 4 is 23.9 Å². The molecule has 0 spiro atoms. The summed E-state index contributed by atoms with van der Waals surface area (Å²) in [6.07, 6.45) is 0. The van der Waals surface area contributed by atoms with Crippen molar-refractivity contribution in [3.8, 4) is 0 Å². The summed E-state index contributed by atoms with van der Waals surface area (Å²) in [5.74, 6) is -5.19. The second-order valence-corrected chi connectivity index (χ2v) is 4.46. The van der Waals surface area contributed by atoms with Gasteiger partial charge in [0, 0.05) is 6.54 Å². The van der Waals surface area contributed by atoms with Gasteiger partial charge in [-0.3, -0.25) is 14.5 Å². The van der Waals surface area contributed by atoms with Gasteiger partial charge >= 0.3 is 23.9 Å². The van der Waals surface area contributed by atoms with Gasteiger partial charge in [0.15, 0.2) is 0 Å². The number of hydrogen-bond donors (Lipinski definition) is 4. The molecule has 0 radical (unpaired) electrons. The number of aliphatic carboxylic acids is 2. The van der Waals surface area contributed by atoms with Gasteiger partial charge in [-0.05, 0) is 23.8 Å². The number of carboxylic acid groups (broad SMARTS) is 4. The van der Waals surface area contributed by atoms with E-state index in [1.54, 1.807) is 0 Å². The van der Waals surface area contributed by atoms with Gasteiger partial charge in [-0.2, -0.15) is 0 Å². The average Bonchev–Trinajstić information content (AvgIpc) is 2.36. The molecule has 1 aromatic rings. The Hall–Kier alpha value is -2.94. The lowest BCUT2D eigenvalue weighted by Crippen LogP contribution is -2.34. The van der Waals surface area contributed by atoms with Crippen LogP contribution in [-0.2, 0) is 16.1 Å². The van der Waals surface area contributed by atoms with E-state index in [9.17, 15) is 19.2 Å². The van der Waals surface area contributed by atoms with Crippen LogP contribution >= 0.6 is 0 Å². The zero-order valence-corrected chi connectivity index (χ0v) is 11.2. The predicted octanol–water partition coefficient (Wildman–Crippen LogP) is 0.0542. The molecule has 0 saturated carbocycles. The Balaban J connectivity index is 3.11. The van der Waals surface area contributed by atoms with Gasteiger partial charge < -0.3 is 20.4 Å². The normalized spacial score (nSPS) is 10.4. The van der Waals surface area contributed by atoms with Gasteiger partial charge in [-0.1, -0.05) is 0 Å². The Morgan fingerprint density at radius 1 is 0.773 bits per heavy atom. The maximum Gasteiger partial charge on any atom is 0.335 e. The fourth-order valence-electron chi connectivity index (χ4n) is 1.84. The molecule has 0 bridgehead atoms. The Labute approximate surface area is 124 Å². The third kappa shape index (κ3) is 5.21. The number of carboxylic acids is 4. The van der Waals surface area contributed by atoms with Gasteiger partial charge in [0.2, 0.25) is 0 Å². The van der Waals surface area contributed by atoms with E-state index in [0.717, 1.165) is 11.0 Å². The van der Waals surface area contributed by atoms with E-state index in [-0.39, 0.29) is 23.2 Å². The maximum atomic E-state index is 11.0. The van der Waals surface area contributed by atoms with E-state index in [0.29, 0.717) is 0 Å². The zero-order chi connectivity index (χ0) is 16.9. The largest absolute Gasteiger partial charge is 0.480 e. The van der Waals surface area contributed by atoms with Crippen LogP contribution in [0.1, 0.15) is 26.3 Å². The van der Waals surface area contributed by atoms with Crippen LogP contribution in [0.2, 0.25) is 0 Å². The molecule has 9 nitrogen and oxygen atoms in total. The molecule has 1 aromatic carbocycles. The van der Waals surface area contributed by atoms with Crippen molar-refractivity contribution in [3.63, 3.8) is 0 Å². The Morgan fingerprint density at radius 3 is 1.50 bits per heavy atom. The molecule has 118 valence electrons. The Kier molecular flexibility index (Phi) is 5.58. The number of nitrogens with zero attached hydrogens (tertiary/aromatic N) is 1. The van der Waals surface area contributed by atoms with Crippen molar-refractivity contribution in [2.75, 3.05) is 13.1 Å². The summed E-state index contributed by atoms with van der Waals surface area (Å²) >= 11 is 0. The molecule has 1 rings (SSSR count). The van der Waals surface area contributed by atoms with Crippen molar-refractivity contribution in [2.24, 2.45) is 0 Å².